The fourth-order valence-corrected chi connectivity index (χ4v) is 4.16. The molecule has 0 aromatic carbocycles. The first-order valence-corrected chi connectivity index (χ1v) is 8.75. The molecule has 2 aliphatic heterocycles. The van der Waals surface area contributed by atoms with E-state index in [-0.39, 0.29) is 18.3 Å². The van der Waals surface area contributed by atoms with Crippen molar-refractivity contribution in [3.8, 4) is 0 Å². The lowest BCUT2D eigenvalue weighted by molar-refractivity contribution is 0.0644. The fourth-order valence-electron chi connectivity index (χ4n) is 4.16. The summed E-state index contributed by atoms with van der Waals surface area (Å²) in [6.45, 7) is 4.09. The molecule has 0 saturated carbocycles. The molecule has 0 radical (unpaired) electrons. The van der Waals surface area contributed by atoms with Gasteiger partial charge in [0.2, 0.25) is 0 Å². The van der Waals surface area contributed by atoms with Gasteiger partial charge >= 0.3 is 0 Å². The predicted molar refractivity (Wildman–Crippen MR) is 96.7 cm³/mol. The van der Waals surface area contributed by atoms with Crippen molar-refractivity contribution in [3.63, 3.8) is 0 Å². The summed E-state index contributed by atoms with van der Waals surface area (Å²) in [5, 5.41) is 7.73. The molecule has 2 aliphatic rings. The number of piperidine rings is 2. The van der Waals surface area contributed by atoms with Gasteiger partial charge in [-0.05, 0) is 62.7 Å². The van der Waals surface area contributed by atoms with Crippen molar-refractivity contribution >= 4 is 23.8 Å². The molecule has 4 heterocycles. The number of hydrogen-bond donors (Lipinski definition) is 1. The highest BCUT2D eigenvalue weighted by molar-refractivity contribution is 6.00. The Bertz CT molecular complexity index is 687. The molecule has 0 atom stereocenters. The Kier molecular flexibility index (Phi) is 5.41. The minimum absolute atomic E-state index is 0. The average Bonchev–Trinajstić information content (AvgIpc) is 3.06. The Morgan fingerprint density at radius 1 is 1.08 bits per heavy atom. The van der Waals surface area contributed by atoms with Gasteiger partial charge in [-0.3, -0.25) is 4.79 Å². The molecule has 5 nitrogen and oxygen atoms in total. The van der Waals surface area contributed by atoms with Crippen LogP contribution in [0, 0.1) is 11.8 Å². The molecule has 2 aromatic heterocycles. The predicted octanol–water partition coefficient (Wildman–Crippen LogP) is 2.61. The summed E-state index contributed by atoms with van der Waals surface area (Å²) in [6, 6.07) is 5.85. The molecule has 130 valence electrons. The van der Waals surface area contributed by atoms with Crippen LogP contribution in [0.15, 0.2) is 30.6 Å². The van der Waals surface area contributed by atoms with Gasteiger partial charge in [-0.15, -0.1) is 12.4 Å². The average molecular weight is 349 g/mol. The number of carbonyl (C=O) groups is 1. The van der Waals surface area contributed by atoms with Gasteiger partial charge in [0.25, 0.3) is 5.91 Å². The van der Waals surface area contributed by atoms with E-state index in [1.54, 1.807) is 10.7 Å². The summed E-state index contributed by atoms with van der Waals surface area (Å²) >= 11 is 0. The number of likely N-dealkylation sites (tertiary alicyclic amines) is 1. The molecule has 2 fully saturated rings. The number of rotatable bonds is 2. The number of carbonyl (C=O) groups excluding carboxylic acids is 1. The first kappa shape index (κ1) is 17.2. The molecular weight excluding hydrogens is 324 g/mol. The number of aromatic nitrogens is 2. The Balaban J connectivity index is 0.00000169. The van der Waals surface area contributed by atoms with E-state index >= 15 is 0 Å². The highest BCUT2D eigenvalue weighted by Gasteiger charge is 2.30. The van der Waals surface area contributed by atoms with Crippen LogP contribution in [-0.4, -0.2) is 46.6 Å². The molecule has 2 saturated heterocycles. The monoisotopic (exact) mass is 348 g/mol. The first-order chi connectivity index (χ1) is 11.3. The molecule has 0 spiro atoms. The van der Waals surface area contributed by atoms with Gasteiger partial charge in [-0.1, -0.05) is 6.07 Å². The van der Waals surface area contributed by atoms with E-state index in [0.29, 0.717) is 0 Å². The quantitative estimate of drug-likeness (QED) is 0.907. The molecule has 24 heavy (non-hydrogen) atoms. The van der Waals surface area contributed by atoms with Crippen LogP contribution in [0.25, 0.3) is 5.52 Å². The Morgan fingerprint density at radius 3 is 2.54 bits per heavy atom. The molecule has 0 unspecified atom stereocenters. The van der Waals surface area contributed by atoms with E-state index in [1.165, 1.54) is 12.8 Å². The highest BCUT2D eigenvalue weighted by Crippen LogP contribution is 2.31. The largest absolute Gasteiger partial charge is 0.339 e. The van der Waals surface area contributed by atoms with Crippen LogP contribution in [0.5, 0.6) is 0 Å². The van der Waals surface area contributed by atoms with Gasteiger partial charge in [0.1, 0.15) is 0 Å². The maximum Gasteiger partial charge on any atom is 0.257 e. The summed E-state index contributed by atoms with van der Waals surface area (Å²) in [6.07, 6.45) is 8.48. The van der Waals surface area contributed by atoms with Crippen molar-refractivity contribution < 1.29 is 4.79 Å². The molecule has 2 aromatic rings. The summed E-state index contributed by atoms with van der Waals surface area (Å²) in [4.78, 5) is 14.8. The smallest absolute Gasteiger partial charge is 0.257 e. The maximum absolute atomic E-state index is 12.8. The molecular formula is C18H25ClN4O. The van der Waals surface area contributed by atoms with Gasteiger partial charge in [0.15, 0.2) is 0 Å². The van der Waals surface area contributed by atoms with Crippen molar-refractivity contribution in [1.82, 2.24) is 19.8 Å². The maximum atomic E-state index is 12.8. The number of nitrogens with zero attached hydrogens (tertiary/aromatic N) is 3. The zero-order chi connectivity index (χ0) is 15.6. The van der Waals surface area contributed by atoms with Gasteiger partial charge in [0.05, 0.1) is 17.3 Å². The number of hydrogen-bond acceptors (Lipinski definition) is 3. The van der Waals surface area contributed by atoms with Crippen LogP contribution in [0.1, 0.15) is 36.0 Å². The molecule has 0 bridgehead atoms. The van der Waals surface area contributed by atoms with E-state index < -0.39 is 0 Å². The normalized spacial score (nSPS) is 20.1. The van der Waals surface area contributed by atoms with E-state index in [2.05, 4.69) is 10.4 Å². The number of nitrogens with one attached hydrogen (secondary N) is 1. The molecule has 1 amide bonds. The minimum Gasteiger partial charge on any atom is -0.339 e. The number of pyridine rings is 1. The van der Waals surface area contributed by atoms with Crippen LogP contribution in [0.3, 0.4) is 0 Å². The second kappa shape index (κ2) is 7.53. The topological polar surface area (TPSA) is 49.6 Å². The zero-order valence-electron chi connectivity index (χ0n) is 13.9. The van der Waals surface area contributed by atoms with E-state index in [4.69, 9.17) is 0 Å². The van der Waals surface area contributed by atoms with E-state index in [9.17, 15) is 4.79 Å². The fraction of sp³-hybridized carbons (Fsp3) is 0.556. The highest BCUT2D eigenvalue weighted by atomic mass is 35.5. The van der Waals surface area contributed by atoms with Crippen molar-refractivity contribution in [2.75, 3.05) is 26.2 Å². The van der Waals surface area contributed by atoms with Crippen LogP contribution < -0.4 is 5.32 Å². The van der Waals surface area contributed by atoms with Crippen LogP contribution >= 0.6 is 12.4 Å². The minimum atomic E-state index is 0. The summed E-state index contributed by atoms with van der Waals surface area (Å²) in [5.41, 5.74) is 1.63. The third-order valence-electron chi connectivity index (χ3n) is 5.53. The van der Waals surface area contributed by atoms with E-state index in [0.717, 1.165) is 61.9 Å². The van der Waals surface area contributed by atoms with Crippen LogP contribution in [-0.2, 0) is 0 Å². The number of amides is 1. The Hall–Kier alpha value is -1.59. The van der Waals surface area contributed by atoms with Crippen molar-refractivity contribution in [1.29, 1.82) is 0 Å². The zero-order valence-corrected chi connectivity index (χ0v) is 14.7. The lowest BCUT2D eigenvalue weighted by atomic mass is 9.79. The van der Waals surface area contributed by atoms with Crippen molar-refractivity contribution in [3.05, 3.63) is 36.2 Å². The second-order valence-corrected chi connectivity index (χ2v) is 6.81. The van der Waals surface area contributed by atoms with E-state index in [1.807, 2.05) is 29.3 Å². The Morgan fingerprint density at radius 2 is 1.79 bits per heavy atom. The SMILES string of the molecule is Cl.O=C(c1cnn2ccccc12)N1CCC(C2CCNCC2)CC1. The van der Waals surface area contributed by atoms with Gasteiger partial charge < -0.3 is 10.2 Å². The van der Waals surface area contributed by atoms with Gasteiger partial charge in [0, 0.05) is 19.3 Å². The summed E-state index contributed by atoms with van der Waals surface area (Å²) in [7, 11) is 0. The number of halogens is 1. The van der Waals surface area contributed by atoms with Gasteiger partial charge in [-0.2, -0.15) is 5.10 Å². The number of fused-ring (bicyclic) bond motifs is 1. The third-order valence-corrected chi connectivity index (χ3v) is 5.53. The molecule has 6 heteroatoms. The second-order valence-electron chi connectivity index (χ2n) is 6.81. The molecule has 0 aliphatic carbocycles. The van der Waals surface area contributed by atoms with Crippen LogP contribution in [0.4, 0.5) is 0 Å². The third kappa shape index (κ3) is 3.28. The molecule has 1 N–H and O–H groups in total. The Labute approximate surface area is 148 Å². The standard InChI is InChI=1S/C18H24N4O.ClH/c23-18(16-13-20-22-10-2-1-3-17(16)22)21-11-6-15(7-12-21)14-4-8-19-9-5-14;/h1-3,10,13-15,19H,4-9,11-12H2;1H. The first-order valence-electron chi connectivity index (χ1n) is 8.75. The summed E-state index contributed by atoms with van der Waals surface area (Å²) < 4.78 is 1.77. The van der Waals surface area contributed by atoms with Crippen molar-refractivity contribution in [2.24, 2.45) is 11.8 Å². The lowest BCUT2D eigenvalue weighted by Crippen LogP contribution is -2.42. The molecule has 4 rings (SSSR count). The summed E-state index contributed by atoms with van der Waals surface area (Å²) in [5.74, 6) is 1.78. The van der Waals surface area contributed by atoms with Crippen LogP contribution in [0.2, 0.25) is 0 Å². The lowest BCUT2D eigenvalue weighted by Gasteiger charge is -2.37. The van der Waals surface area contributed by atoms with Crippen molar-refractivity contribution in [2.45, 2.75) is 25.7 Å². The van der Waals surface area contributed by atoms with Gasteiger partial charge in [-0.25, -0.2) is 4.52 Å².